The molecule has 0 bridgehead atoms. The summed E-state index contributed by atoms with van der Waals surface area (Å²) < 4.78 is 5.68. The van der Waals surface area contributed by atoms with E-state index in [1.165, 1.54) is 40.9 Å². The van der Waals surface area contributed by atoms with Crippen LogP contribution < -0.4 is 10.1 Å². The SMILES string of the molecule is COc1ccccc1C=C1SC(=S)N(CCC(=O)Nc2ccc([N+](=O)[O-])cc2)C1=O. The first-order valence-electron chi connectivity index (χ1n) is 8.81. The van der Waals surface area contributed by atoms with Gasteiger partial charge in [0, 0.05) is 36.3 Å². The lowest BCUT2D eigenvalue weighted by atomic mass is 10.2. The standard InChI is InChI=1S/C20H17N3O5S2/c1-28-16-5-3-2-4-13(16)12-17-19(25)22(20(29)30-17)11-10-18(24)21-14-6-8-15(9-7-14)23(26)27/h2-9,12H,10-11H2,1H3,(H,21,24). The minimum absolute atomic E-state index is 0.0331. The van der Waals surface area contributed by atoms with E-state index in [0.29, 0.717) is 20.7 Å². The summed E-state index contributed by atoms with van der Waals surface area (Å²) in [6.45, 7) is 0.132. The number of thiocarbonyl (C=S) groups is 1. The maximum atomic E-state index is 12.7. The molecule has 8 nitrogen and oxygen atoms in total. The van der Waals surface area contributed by atoms with Crippen molar-refractivity contribution in [2.24, 2.45) is 0 Å². The van der Waals surface area contributed by atoms with Gasteiger partial charge in [0.15, 0.2) is 0 Å². The van der Waals surface area contributed by atoms with Gasteiger partial charge in [0.05, 0.1) is 16.9 Å². The number of para-hydroxylation sites is 1. The lowest BCUT2D eigenvalue weighted by Gasteiger charge is -2.14. The van der Waals surface area contributed by atoms with Crippen molar-refractivity contribution in [2.45, 2.75) is 6.42 Å². The summed E-state index contributed by atoms with van der Waals surface area (Å²) in [6, 6.07) is 12.8. The first kappa shape index (κ1) is 21.5. The number of non-ortho nitro benzene ring substituents is 1. The minimum atomic E-state index is -0.515. The first-order valence-corrected chi connectivity index (χ1v) is 10.0. The monoisotopic (exact) mass is 443 g/mol. The van der Waals surface area contributed by atoms with Crippen molar-refractivity contribution < 1.29 is 19.2 Å². The Bertz CT molecular complexity index is 1040. The molecule has 1 fully saturated rings. The normalized spacial score (nSPS) is 14.8. The number of nitro benzene ring substituents is 1. The van der Waals surface area contributed by atoms with Gasteiger partial charge in [-0.3, -0.25) is 24.6 Å². The zero-order valence-electron chi connectivity index (χ0n) is 15.9. The third kappa shape index (κ3) is 5.02. The maximum Gasteiger partial charge on any atom is 0.269 e. The van der Waals surface area contributed by atoms with E-state index >= 15 is 0 Å². The van der Waals surface area contributed by atoms with E-state index < -0.39 is 4.92 Å². The van der Waals surface area contributed by atoms with Crippen molar-refractivity contribution in [2.75, 3.05) is 19.0 Å². The van der Waals surface area contributed by atoms with Crippen LogP contribution >= 0.6 is 24.0 Å². The highest BCUT2D eigenvalue weighted by molar-refractivity contribution is 8.26. The zero-order valence-corrected chi connectivity index (χ0v) is 17.5. The maximum absolute atomic E-state index is 12.7. The van der Waals surface area contributed by atoms with Crippen LogP contribution in [0.25, 0.3) is 6.08 Å². The molecule has 0 aromatic heterocycles. The largest absolute Gasteiger partial charge is 0.496 e. The smallest absolute Gasteiger partial charge is 0.269 e. The zero-order chi connectivity index (χ0) is 21.7. The van der Waals surface area contributed by atoms with Crippen LogP contribution in [0.2, 0.25) is 0 Å². The molecular formula is C20H17N3O5S2. The van der Waals surface area contributed by atoms with Gasteiger partial charge in [0.25, 0.3) is 11.6 Å². The van der Waals surface area contributed by atoms with Gasteiger partial charge < -0.3 is 10.1 Å². The molecule has 2 aromatic carbocycles. The molecule has 10 heteroatoms. The number of carbonyl (C=O) groups excluding carboxylic acids is 2. The Morgan fingerprint density at radius 1 is 1.27 bits per heavy atom. The predicted molar refractivity (Wildman–Crippen MR) is 119 cm³/mol. The summed E-state index contributed by atoms with van der Waals surface area (Å²) in [7, 11) is 1.56. The summed E-state index contributed by atoms with van der Waals surface area (Å²) in [5.74, 6) is 0.0518. The number of benzene rings is 2. The summed E-state index contributed by atoms with van der Waals surface area (Å²) in [5.41, 5.74) is 1.14. The second kappa shape index (κ2) is 9.51. The fraction of sp³-hybridized carbons (Fsp3) is 0.150. The van der Waals surface area contributed by atoms with Gasteiger partial charge in [-0.05, 0) is 24.3 Å². The Kier molecular flexibility index (Phi) is 6.80. The van der Waals surface area contributed by atoms with Crippen LogP contribution in [0.1, 0.15) is 12.0 Å². The molecule has 154 valence electrons. The van der Waals surface area contributed by atoms with E-state index in [4.69, 9.17) is 17.0 Å². The number of hydrogen-bond acceptors (Lipinski definition) is 7. The van der Waals surface area contributed by atoms with E-state index in [1.807, 2.05) is 18.2 Å². The number of rotatable bonds is 7. The number of nitrogens with one attached hydrogen (secondary N) is 1. The van der Waals surface area contributed by atoms with Crippen LogP contribution in [-0.2, 0) is 9.59 Å². The van der Waals surface area contributed by atoms with Crippen LogP contribution in [0.5, 0.6) is 5.75 Å². The molecule has 1 aliphatic heterocycles. The van der Waals surface area contributed by atoms with Crippen LogP contribution in [-0.4, -0.2) is 39.6 Å². The number of amides is 2. The number of nitro groups is 1. The molecule has 1 saturated heterocycles. The molecule has 0 atom stereocenters. The number of carbonyl (C=O) groups is 2. The molecule has 1 N–H and O–H groups in total. The third-order valence-corrected chi connectivity index (χ3v) is 5.60. The van der Waals surface area contributed by atoms with Gasteiger partial charge >= 0.3 is 0 Å². The fourth-order valence-corrected chi connectivity index (χ4v) is 4.02. The number of nitrogens with zero attached hydrogens (tertiary/aromatic N) is 2. The lowest BCUT2D eigenvalue weighted by Crippen LogP contribution is -2.31. The van der Waals surface area contributed by atoms with Crippen molar-refractivity contribution >= 4 is 57.6 Å². The predicted octanol–water partition coefficient (Wildman–Crippen LogP) is 3.83. The molecule has 3 rings (SSSR count). The van der Waals surface area contributed by atoms with Gasteiger partial charge in [0.1, 0.15) is 10.1 Å². The summed E-state index contributed by atoms with van der Waals surface area (Å²) in [5, 5.41) is 13.3. The summed E-state index contributed by atoms with van der Waals surface area (Å²) in [4.78, 5) is 36.9. The van der Waals surface area contributed by atoms with E-state index in [-0.39, 0.29) is 30.5 Å². The quantitative estimate of drug-likeness (QED) is 0.300. The van der Waals surface area contributed by atoms with E-state index in [9.17, 15) is 19.7 Å². The van der Waals surface area contributed by atoms with Crippen molar-refractivity contribution in [3.8, 4) is 5.75 Å². The van der Waals surface area contributed by atoms with E-state index in [0.717, 1.165) is 5.56 Å². The third-order valence-electron chi connectivity index (χ3n) is 4.22. The van der Waals surface area contributed by atoms with Crippen LogP contribution in [0, 0.1) is 10.1 Å². The molecule has 0 aliphatic carbocycles. The lowest BCUT2D eigenvalue weighted by molar-refractivity contribution is -0.384. The van der Waals surface area contributed by atoms with Crippen LogP contribution in [0.4, 0.5) is 11.4 Å². The first-order chi connectivity index (χ1) is 14.4. The molecule has 2 aromatic rings. The summed E-state index contributed by atoms with van der Waals surface area (Å²) in [6.07, 6.45) is 1.75. The average Bonchev–Trinajstić information content (AvgIpc) is 3.00. The Balaban J connectivity index is 1.61. The fourth-order valence-electron chi connectivity index (χ4n) is 2.72. The number of thioether (sulfide) groups is 1. The molecule has 30 heavy (non-hydrogen) atoms. The Morgan fingerprint density at radius 2 is 1.97 bits per heavy atom. The van der Waals surface area contributed by atoms with E-state index in [1.54, 1.807) is 19.3 Å². The molecule has 0 unspecified atom stereocenters. The second-order valence-corrected chi connectivity index (χ2v) is 7.85. The number of anilines is 1. The van der Waals surface area contributed by atoms with Crippen LogP contribution in [0.15, 0.2) is 53.4 Å². The van der Waals surface area contributed by atoms with Crippen LogP contribution in [0.3, 0.4) is 0 Å². The molecule has 1 aliphatic rings. The minimum Gasteiger partial charge on any atom is -0.496 e. The number of hydrogen-bond donors (Lipinski definition) is 1. The molecule has 0 radical (unpaired) electrons. The average molecular weight is 444 g/mol. The molecule has 1 heterocycles. The van der Waals surface area contributed by atoms with E-state index in [2.05, 4.69) is 5.32 Å². The van der Waals surface area contributed by atoms with Crippen molar-refractivity contribution in [3.63, 3.8) is 0 Å². The van der Waals surface area contributed by atoms with Gasteiger partial charge in [0.2, 0.25) is 5.91 Å². The highest BCUT2D eigenvalue weighted by Gasteiger charge is 2.32. The van der Waals surface area contributed by atoms with Gasteiger partial charge in [-0.2, -0.15) is 0 Å². The van der Waals surface area contributed by atoms with Gasteiger partial charge in [-0.15, -0.1) is 0 Å². The molecular weight excluding hydrogens is 426 g/mol. The Hall–Kier alpha value is -3.24. The second-order valence-electron chi connectivity index (χ2n) is 6.18. The highest BCUT2D eigenvalue weighted by Crippen LogP contribution is 2.34. The molecule has 0 saturated carbocycles. The number of methoxy groups -OCH3 is 1. The van der Waals surface area contributed by atoms with Crippen molar-refractivity contribution in [1.82, 2.24) is 4.90 Å². The van der Waals surface area contributed by atoms with Crippen molar-refractivity contribution in [3.05, 3.63) is 69.1 Å². The van der Waals surface area contributed by atoms with Gasteiger partial charge in [-0.25, -0.2) is 0 Å². The Morgan fingerprint density at radius 3 is 2.63 bits per heavy atom. The Labute approximate surface area is 182 Å². The number of ether oxygens (including phenoxy) is 1. The molecule has 2 amide bonds. The van der Waals surface area contributed by atoms with Gasteiger partial charge in [-0.1, -0.05) is 42.2 Å². The van der Waals surface area contributed by atoms with Crippen molar-refractivity contribution in [1.29, 1.82) is 0 Å². The summed E-state index contributed by atoms with van der Waals surface area (Å²) >= 11 is 6.47. The highest BCUT2D eigenvalue weighted by atomic mass is 32.2. The molecule has 0 spiro atoms. The topological polar surface area (TPSA) is 102 Å².